The molecule has 1 unspecified atom stereocenters. The van der Waals surface area contributed by atoms with Crippen molar-refractivity contribution >= 4 is 27.7 Å². The van der Waals surface area contributed by atoms with Crippen LogP contribution in [-0.2, 0) is 19.1 Å². The van der Waals surface area contributed by atoms with Crippen LogP contribution in [0.2, 0.25) is 0 Å². The summed E-state index contributed by atoms with van der Waals surface area (Å²) >= 11 is 1.75. The second kappa shape index (κ2) is 7.34. The minimum atomic E-state index is -5.65. The zero-order chi connectivity index (χ0) is 14.4. The van der Waals surface area contributed by atoms with Crippen molar-refractivity contribution in [2.75, 3.05) is 12.5 Å². The van der Waals surface area contributed by atoms with Gasteiger partial charge in [0, 0.05) is 6.42 Å². The van der Waals surface area contributed by atoms with Crippen molar-refractivity contribution < 1.29 is 30.6 Å². The molecule has 1 fully saturated rings. The van der Waals surface area contributed by atoms with Gasteiger partial charge in [0.25, 0.3) is 0 Å². The van der Waals surface area contributed by atoms with Gasteiger partial charge in [0.05, 0.1) is 0 Å². The van der Waals surface area contributed by atoms with Crippen LogP contribution in [0.1, 0.15) is 25.7 Å². The molecule has 1 aliphatic carbocycles. The Balaban J connectivity index is 0.000000873. The summed E-state index contributed by atoms with van der Waals surface area (Å²) in [6.07, 6.45) is 3.76. The van der Waals surface area contributed by atoms with E-state index in [1.165, 1.54) is 0 Å². The highest BCUT2D eigenvalue weighted by Crippen LogP contribution is 2.28. The molecule has 0 aliphatic heterocycles. The monoisotopic (exact) mass is 308 g/mol. The van der Waals surface area contributed by atoms with Crippen molar-refractivity contribution in [1.82, 2.24) is 0 Å². The van der Waals surface area contributed by atoms with Gasteiger partial charge in [-0.25, -0.2) is 0 Å². The summed E-state index contributed by atoms with van der Waals surface area (Å²) in [5.74, 6) is -0.589. The highest BCUT2D eigenvalue weighted by Gasteiger charge is 2.49. The Hall–Kier alpha value is -0.280. The fraction of sp³-hybridized carbons (Fsp3) is 0.889. The van der Waals surface area contributed by atoms with E-state index < -0.39 is 27.5 Å². The van der Waals surface area contributed by atoms with Crippen molar-refractivity contribution in [1.29, 1.82) is 0 Å². The molecule has 0 amide bonds. The highest BCUT2D eigenvalue weighted by molar-refractivity contribution is 7.97. The zero-order valence-corrected chi connectivity index (χ0v) is 11.6. The average Bonchev–Trinajstić information content (AvgIpc) is 2.20. The van der Waals surface area contributed by atoms with Gasteiger partial charge in [0.15, 0.2) is 5.78 Å². The van der Waals surface area contributed by atoms with Gasteiger partial charge >= 0.3 is 15.6 Å². The van der Waals surface area contributed by atoms with Gasteiger partial charge in [-0.1, -0.05) is 0 Å². The maximum absolute atomic E-state index is 11.9. The van der Waals surface area contributed by atoms with Crippen molar-refractivity contribution in [2.45, 2.75) is 37.3 Å². The lowest BCUT2D eigenvalue weighted by atomic mass is 9.97. The molecule has 0 aromatic rings. The van der Waals surface area contributed by atoms with Crippen LogP contribution in [0.4, 0.5) is 13.2 Å². The van der Waals surface area contributed by atoms with E-state index in [-0.39, 0.29) is 12.8 Å². The Bertz CT molecular complexity index is 364. The first-order valence-electron chi connectivity index (χ1n) is 5.08. The normalized spacial score (nSPS) is 21.2. The standard InChI is InChI=1S/C7H9F3O4S.C2H6S/c8-7(9,10)15(12,13)14-6-4-2-1-3-5(6)11;1-3-2/h6H,1-4H2;1-2H3. The van der Waals surface area contributed by atoms with E-state index >= 15 is 0 Å². The summed E-state index contributed by atoms with van der Waals surface area (Å²) in [7, 11) is -5.65. The third-order valence-electron chi connectivity index (χ3n) is 2.02. The highest BCUT2D eigenvalue weighted by atomic mass is 32.2. The zero-order valence-electron chi connectivity index (χ0n) is 9.99. The number of thioether (sulfide) groups is 1. The Morgan fingerprint density at radius 3 is 2.17 bits per heavy atom. The molecule has 0 aromatic carbocycles. The molecule has 0 aromatic heterocycles. The van der Waals surface area contributed by atoms with Crippen molar-refractivity contribution in [3.8, 4) is 0 Å². The number of hydrogen-bond acceptors (Lipinski definition) is 5. The maximum Gasteiger partial charge on any atom is 0.523 e. The topological polar surface area (TPSA) is 60.4 Å². The van der Waals surface area contributed by atoms with Crippen LogP contribution in [0.15, 0.2) is 0 Å². The number of halogens is 3. The molecule has 0 radical (unpaired) electrons. The molecule has 0 spiro atoms. The minimum absolute atomic E-state index is 0.0220. The van der Waals surface area contributed by atoms with E-state index in [4.69, 9.17) is 0 Å². The van der Waals surface area contributed by atoms with Gasteiger partial charge in [-0.05, 0) is 31.8 Å². The smallest absolute Gasteiger partial charge is 0.297 e. The average molecular weight is 308 g/mol. The number of carbonyl (C=O) groups is 1. The van der Waals surface area contributed by atoms with E-state index in [9.17, 15) is 26.4 Å². The first-order valence-corrected chi connectivity index (χ1v) is 8.12. The van der Waals surface area contributed by atoms with Crippen LogP contribution in [0.5, 0.6) is 0 Å². The maximum atomic E-state index is 11.9. The number of Topliss-reactive ketones (excluding diaryl/α,β-unsaturated/α-hetero) is 1. The van der Waals surface area contributed by atoms with Gasteiger partial charge in [-0.3, -0.25) is 8.98 Å². The van der Waals surface area contributed by atoms with E-state index in [1.807, 2.05) is 12.5 Å². The molecule has 1 atom stereocenters. The Morgan fingerprint density at radius 1 is 1.28 bits per heavy atom. The van der Waals surface area contributed by atoms with Gasteiger partial charge in [0.1, 0.15) is 6.10 Å². The van der Waals surface area contributed by atoms with Crippen molar-refractivity contribution in [3.63, 3.8) is 0 Å². The van der Waals surface area contributed by atoms with Gasteiger partial charge in [0.2, 0.25) is 0 Å². The van der Waals surface area contributed by atoms with Crippen LogP contribution in [0.25, 0.3) is 0 Å². The van der Waals surface area contributed by atoms with Crippen LogP contribution in [0, 0.1) is 0 Å². The van der Waals surface area contributed by atoms with E-state index in [2.05, 4.69) is 4.18 Å². The van der Waals surface area contributed by atoms with E-state index in [0.717, 1.165) is 0 Å². The number of alkyl halides is 3. The predicted octanol–water partition coefficient (Wildman–Crippen LogP) is 2.34. The number of hydrogen-bond donors (Lipinski definition) is 0. The fourth-order valence-electron chi connectivity index (χ4n) is 1.26. The first-order chi connectivity index (χ1) is 8.15. The Kier molecular flexibility index (Phi) is 7.23. The molecule has 1 aliphatic rings. The largest absolute Gasteiger partial charge is 0.523 e. The molecule has 18 heavy (non-hydrogen) atoms. The molecular formula is C9H15F3O4S2. The van der Waals surface area contributed by atoms with E-state index in [1.54, 1.807) is 11.8 Å². The van der Waals surface area contributed by atoms with Gasteiger partial charge in [-0.2, -0.15) is 33.4 Å². The molecule has 4 nitrogen and oxygen atoms in total. The SMILES string of the molecule is CSC.O=C1CCCCC1OS(=O)(=O)C(F)(F)F. The van der Waals surface area contributed by atoms with Gasteiger partial charge in [-0.15, -0.1) is 0 Å². The minimum Gasteiger partial charge on any atom is -0.297 e. The molecular weight excluding hydrogens is 293 g/mol. The molecule has 108 valence electrons. The molecule has 9 heteroatoms. The summed E-state index contributed by atoms with van der Waals surface area (Å²) in [6, 6.07) is 0. The van der Waals surface area contributed by atoms with Crippen molar-refractivity contribution in [2.24, 2.45) is 0 Å². The van der Waals surface area contributed by atoms with Crippen LogP contribution >= 0.6 is 11.8 Å². The summed E-state index contributed by atoms with van der Waals surface area (Å²) < 4.78 is 60.7. The summed E-state index contributed by atoms with van der Waals surface area (Å²) in [4.78, 5) is 11.0. The second-order valence-corrected chi connectivity index (χ2v) is 5.99. The lowest BCUT2D eigenvalue weighted by Crippen LogP contribution is -2.35. The molecule has 1 saturated carbocycles. The number of rotatable bonds is 2. The quantitative estimate of drug-likeness (QED) is 0.579. The van der Waals surface area contributed by atoms with Crippen LogP contribution in [-0.4, -0.2) is 38.3 Å². The summed E-state index contributed by atoms with van der Waals surface area (Å²) in [5.41, 5.74) is -5.47. The van der Waals surface area contributed by atoms with E-state index in [0.29, 0.717) is 12.8 Å². The first kappa shape index (κ1) is 17.7. The molecule has 1 rings (SSSR count). The third kappa shape index (κ3) is 5.57. The Morgan fingerprint density at radius 2 is 1.78 bits per heavy atom. The fourth-order valence-corrected chi connectivity index (χ4v) is 1.88. The summed E-state index contributed by atoms with van der Waals surface area (Å²) in [6.45, 7) is 0. The van der Waals surface area contributed by atoms with Crippen LogP contribution in [0.3, 0.4) is 0 Å². The number of ketones is 1. The Labute approximate surface area is 108 Å². The van der Waals surface area contributed by atoms with Gasteiger partial charge < -0.3 is 0 Å². The van der Waals surface area contributed by atoms with Crippen LogP contribution < -0.4 is 0 Å². The molecule has 0 N–H and O–H groups in total. The second-order valence-electron chi connectivity index (χ2n) is 3.61. The van der Waals surface area contributed by atoms with Crippen molar-refractivity contribution in [3.05, 3.63) is 0 Å². The summed E-state index contributed by atoms with van der Waals surface area (Å²) in [5, 5.41) is 0. The lowest BCUT2D eigenvalue weighted by Gasteiger charge is -2.20. The number of carbonyl (C=O) groups excluding carboxylic acids is 1. The lowest BCUT2D eigenvalue weighted by molar-refractivity contribution is -0.128. The predicted molar refractivity (Wildman–Crippen MR) is 62.8 cm³/mol. The third-order valence-corrected chi connectivity index (χ3v) is 3.08. The molecule has 0 heterocycles. The molecule has 0 bridgehead atoms. The molecule has 0 saturated heterocycles.